The average molecular weight is 242 g/mol. The van der Waals surface area contributed by atoms with Crippen molar-refractivity contribution in [2.75, 3.05) is 36.9 Å². The number of nitrogens with zero attached hydrogens (tertiary/aromatic N) is 3. The van der Waals surface area contributed by atoms with E-state index >= 15 is 0 Å². The van der Waals surface area contributed by atoms with Gasteiger partial charge in [-0.2, -0.15) is 5.10 Å². The summed E-state index contributed by atoms with van der Waals surface area (Å²) in [6, 6.07) is 0. The molecule has 1 rings (SSSR count). The van der Waals surface area contributed by atoms with E-state index in [0.29, 0.717) is 18.8 Å². The number of aliphatic hydroxyl groups is 2. The molecule has 0 saturated heterocycles. The van der Waals surface area contributed by atoms with Crippen LogP contribution in [0.2, 0.25) is 0 Å². The van der Waals surface area contributed by atoms with E-state index in [0.717, 1.165) is 24.5 Å². The van der Waals surface area contributed by atoms with Crippen LogP contribution in [0.3, 0.4) is 0 Å². The van der Waals surface area contributed by atoms with Crippen molar-refractivity contribution in [1.29, 1.82) is 0 Å². The van der Waals surface area contributed by atoms with Crippen molar-refractivity contribution in [3.05, 3.63) is 5.69 Å². The molecule has 0 aliphatic carbocycles. The van der Waals surface area contributed by atoms with E-state index in [9.17, 15) is 0 Å². The topological polar surface area (TPSA) is 87.5 Å². The molecule has 0 saturated carbocycles. The van der Waals surface area contributed by atoms with E-state index < -0.39 is 0 Å². The summed E-state index contributed by atoms with van der Waals surface area (Å²) < 4.78 is 1.84. The summed E-state index contributed by atoms with van der Waals surface area (Å²) in [7, 11) is 0. The standard InChI is InChI=1S/C11H22N4O2/c1-3-4-15-11(10(12)9(2)13-15)14(5-7-16)6-8-17/h16-17H,3-8,12H2,1-2H3. The summed E-state index contributed by atoms with van der Waals surface area (Å²) in [5.74, 6) is 0.799. The molecule has 1 aromatic heterocycles. The highest BCUT2D eigenvalue weighted by Crippen LogP contribution is 2.26. The van der Waals surface area contributed by atoms with Crippen LogP contribution in [0.1, 0.15) is 19.0 Å². The third kappa shape index (κ3) is 3.10. The van der Waals surface area contributed by atoms with Gasteiger partial charge in [0.05, 0.1) is 24.6 Å². The molecule has 17 heavy (non-hydrogen) atoms. The zero-order valence-electron chi connectivity index (χ0n) is 10.6. The quantitative estimate of drug-likeness (QED) is 0.625. The first kappa shape index (κ1) is 13.8. The first-order valence-corrected chi connectivity index (χ1v) is 5.95. The van der Waals surface area contributed by atoms with Crippen LogP contribution in [-0.4, -0.2) is 46.3 Å². The normalized spacial score (nSPS) is 10.8. The number of aryl methyl sites for hydroxylation is 2. The molecule has 0 aliphatic heterocycles. The average Bonchev–Trinajstić information content (AvgIpc) is 2.55. The van der Waals surface area contributed by atoms with Crippen LogP contribution in [0.5, 0.6) is 0 Å². The molecule has 1 aromatic rings. The summed E-state index contributed by atoms with van der Waals surface area (Å²) in [4.78, 5) is 1.87. The van der Waals surface area contributed by atoms with Crippen molar-refractivity contribution in [3.63, 3.8) is 0 Å². The molecule has 0 bridgehead atoms. The summed E-state index contributed by atoms with van der Waals surface area (Å²) >= 11 is 0. The van der Waals surface area contributed by atoms with E-state index in [2.05, 4.69) is 12.0 Å². The molecule has 4 N–H and O–H groups in total. The third-order valence-electron chi connectivity index (χ3n) is 2.62. The summed E-state index contributed by atoms with van der Waals surface area (Å²) in [5, 5.41) is 22.5. The molecular formula is C11H22N4O2. The molecule has 0 aromatic carbocycles. The van der Waals surface area contributed by atoms with Crippen LogP contribution < -0.4 is 10.6 Å². The maximum atomic E-state index is 9.05. The predicted octanol–water partition coefficient (Wildman–Crippen LogP) is -0.0253. The van der Waals surface area contributed by atoms with Crippen LogP contribution in [0.25, 0.3) is 0 Å². The molecule has 6 nitrogen and oxygen atoms in total. The molecule has 0 fully saturated rings. The fourth-order valence-electron chi connectivity index (χ4n) is 1.85. The van der Waals surface area contributed by atoms with Crippen LogP contribution in [0.4, 0.5) is 11.5 Å². The highest BCUT2D eigenvalue weighted by atomic mass is 16.3. The maximum Gasteiger partial charge on any atom is 0.150 e. The van der Waals surface area contributed by atoms with E-state index in [-0.39, 0.29) is 13.2 Å². The van der Waals surface area contributed by atoms with Gasteiger partial charge in [0.2, 0.25) is 0 Å². The van der Waals surface area contributed by atoms with Gasteiger partial charge < -0.3 is 20.8 Å². The Bertz CT molecular complexity index is 345. The van der Waals surface area contributed by atoms with Crippen molar-refractivity contribution in [2.45, 2.75) is 26.8 Å². The minimum atomic E-state index is 0.0236. The van der Waals surface area contributed by atoms with E-state index in [1.807, 2.05) is 16.5 Å². The van der Waals surface area contributed by atoms with E-state index in [1.54, 1.807) is 0 Å². The first-order valence-electron chi connectivity index (χ1n) is 5.95. The van der Waals surface area contributed by atoms with Gasteiger partial charge in [-0.05, 0) is 13.3 Å². The largest absolute Gasteiger partial charge is 0.395 e. The van der Waals surface area contributed by atoms with Crippen LogP contribution >= 0.6 is 0 Å². The number of hydrogen-bond acceptors (Lipinski definition) is 5. The lowest BCUT2D eigenvalue weighted by atomic mass is 10.3. The van der Waals surface area contributed by atoms with Crippen molar-refractivity contribution in [3.8, 4) is 0 Å². The Kier molecular flexibility index (Phi) is 5.24. The fourth-order valence-corrected chi connectivity index (χ4v) is 1.85. The van der Waals surface area contributed by atoms with Gasteiger partial charge in [-0.3, -0.25) is 0 Å². The van der Waals surface area contributed by atoms with Gasteiger partial charge in [-0.1, -0.05) is 6.92 Å². The molecule has 1 heterocycles. The molecule has 0 amide bonds. The minimum absolute atomic E-state index is 0.0236. The molecular weight excluding hydrogens is 220 g/mol. The van der Waals surface area contributed by atoms with Gasteiger partial charge in [-0.15, -0.1) is 0 Å². The van der Waals surface area contributed by atoms with Gasteiger partial charge in [-0.25, -0.2) is 4.68 Å². The Morgan fingerprint density at radius 2 is 1.88 bits per heavy atom. The van der Waals surface area contributed by atoms with Crippen molar-refractivity contribution in [2.24, 2.45) is 0 Å². The SMILES string of the molecule is CCCn1nc(C)c(N)c1N(CCO)CCO. The van der Waals surface area contributed by atoms with Gasteiger partial charge in [0.25, 0.3) is 0 Å². The molecule has 0 aliphatic rings. The Hall–Kier alpha value is -1.27. The lowest BCUT2D eigenvalue weighted by Gasteiger charge is -2.24. The number of aromatic nitrogens is 2. The highest BCUT2D eigenvalue weighted by molar-refractivity contribution is 5.66. The molecule has 0 atom stereocenters. The van der Waals surface area contributed by atoms with E-state index in [1.165, 1.54) is 0 Å². The zero-order valence-corrected chi connectivity index (χ0v) is 10.6. The summed E-state index contributed by atoms with van der Waals surface area (Å²) in [6.07, 6.45) is 0.958. The number of aliphatic hydroxyl groups excluding tert-OH is 2. The number of anilines is 2. The minimum Gasteiger partial charge on any atom is -0.395 e. The third-order valence-corrected chi connectivity index (χ3v) is 2.62. The number of nitrogen functional groups attached to an aromatic ring is 1. The summed E-state index contributed by atoms with van der Waals surface area (Å²) in [5.41, 5.74) is 7.42. The van der Waals surface area contributed by atoms with Gasteiger partial charge in [0.15, 0.2) is 5.82 Å². The van der Waals surface area contributed by atoms with Crippen molar-refractivity contribution in [1.82, 2.24) is 9.78 Å². The molecule has 98 valence electrons. The molecule has 0 unspecified atom stereocenters. The predicted molar refractivity (Wildman–Crippen MR) is 68.1 cm³/mol. The van der Waals surface area contributed by atoms with E-state index in [4.69, 9.17) is 15.9 Å². The van der Waals surface area contributed by atoms with Crippen molar-refractivity contribution < 1.29 is 10.2 Å². The lowest BCUT2D eigenvalue weighted by molar-refractivity contribution is 0.280. The second kappa shape index (κ2) is 6.46. The zero-order chi connectivity index (χ0) is 12.8. The van der Waals surface area contributed by atoms with Gasteiger partial charge in [0.1, 0.15) is 0 Å². The second-order valence-corrected chi connectivity index (χ2v) is 3.98. The van der Waals surface area contributed by atoms with Crippen LogP contribution in [0, 0.1) is 6.92 Å². The fraction of sp³-hybridized carbons (Fsp3) is 0.727. The Balaban J connectivity index is 3.05. The maximum absolute atomic E-state index is 9.05. The molecule has 0 spiro atoms. The van der Waals surface area contributed by atoms with Crippen LogP contribution in [0.15, 0.2) is 0 Å². The number of hydrogen-bond donors (Lipinski definition) is 3. The summed E-state index contributed by atoms with van der Waals surface area (Å²) in [6.45, 7) is 5.64. The second-order valence-electron chi connectivity index (χ2n) is 3.98. The van der Waals surface area contributed by atoms with Crippen LogP contribution in [-0.2, 0) is 6.54 Å². The first-order chi connectivity index (χ1) is 8.15. The van der Waals surface area contributed by atoms with Crippen molar-refractivity contribution >= 4 is 11.5 Å². The molecule has 6 heteroatoms. The Morgan fingerprint density at radius 3 is 2.35 bits per heavy atom. The molecule has 0 radical (unpaired) electrons. The lowest BCUT2D eigenvalue weighted by Crippen LogP contribution is -2.32. The smallest absolute Gasteiger partial charge is 0.150 e. The monoisotopic (exact) mass is 242 g/mol. The number of rotatable bonds is 7. The van der Waals surface area contributed by atoms with Gasteiger partial charge in [0, 0.05) is 19.6 Å². The Morgan fingerprint density at radius 1 is 1.29 bits per heavy atom. The number of nitrogens with two attached hydrogens (primary N) is 1. The van der Waals surface area contributed by atoms with Gasteiger partial charge >= 0.3 is 0 Å². The highest BCUT2D eigenvalue weighted by Gasteiger charge is 2.18. The Labute approximate surface area is 102 Å².